The van der Waals surface area contributed by atoms with E-state index in [1.54, 1.807) is 0 Å². The summed E-state index contributed by atoms with van der Waals surface area (Å²) in [6, 6.07) is 0. The molecule has 0 aromatic heterocycles. The highest BCUT2D eigenvalue weighted by Crippen LogP contribution is 2.43. The first kappa shape index (κ1) is 68.2. The summed E-state index contributed by atoms with van der Waals surface area (Å²) in [5.41, 5.74) is 0. The summed E-state index contributed by atoms with van der Waals surface area (Å²) in [6.07, 6.45) is 51.6. The predicted octanol–water partition coefficient (Wildman–Crippen LogP) is 17.3. The highest BCUT2D eigenvalue weighted by atomic mass is 31.2. The molecule has 0 fully saturated rings. The molecule has 0 amide bonds. The lowest BCUT2D eigenvalue weighted by molar-refractivity contribution is -0.161. The van der Waals surface area contributed by atoms with E-state index in [-0.39, 0.29) is 25.9 Å². The third-order valence-corrected chi connectivity index (χ3v) is 14.1. The molecular weight excluding hydrogens is 904 g/mol. The van der Waals surface area contributed by atoms with Gasteiger partial charge in [0.2, 0.25) is 0 Å². The van der Waals surface area contributed by atoms with Gasteiger partial charge in [0.25, 0.3) is 0 Å². The molecule has 0 bridgehead atoms. The lowest BCUT2D eigenvalue weighted by atomic mass is 10.0. The summed E-state index contributed by atoms with van der Waals surface area (Å²) >= 11 is 0. The van der Waals surface area contributed by atoms with Crippen LogP contribution in [0.1, 0.15) is 303 Å². The molecule has 0 aliphatic rings. The molecule has 70 heavy (non-hydrogen) atoms. The van der Waals surface area contributed by atoms with Gasteiger partial charge in [-0.05, 0) is 44.9 Å². The number of aliphatic hydroxyl groups is 1. The van der Waals surface area contributed by atoms with Gasteiger partial charge in [0.05, 0.1) is 19.8 Å². The number of hydrogen-bond acceptors (Lipinski definition) is 10. The van der Waals surface area contributed by atoms with Crippen LogP contribution in [-0.4, -0.2) is 66.5 Å². The Balaban J connectivity index is 4.66. The first-order valence-corrected chi connectivity index (χ1v) is 31.1. The van der Waals surface area contributed by atoms with Crippen molar-refractivity contribution in [3.63, 3.8) is 0 Å². The van der Waals surface area contributed by atoms with Gasteiger partial charge in [-0.3, -0.25) is 23.4 Å². The third-order valence-electron chi connectivity index (χ3n) is 13.2. The average molecular weight is 1020 g/mol. The molecule has 12 heteroatoms. The molecule has 0 aromatic carbocycles. The summed E-state index contributed by atoms with van der Waals surface area (Å²) in [4.78, 5) is 48.5. The minimum absolute atomic E-state index is 0.175. The zero-order valence-electron chi connectivity index (χ0n) is 45.8. The Labute approximate surface area is 430 Å². The second-order valence-corrected chi connectivity index (χ2v) is 21.6. The van der Waals surface area contributed by atoms with Crippen molar-refractivity contribution < 1.29 is 52.2 Å². The summed E-state index contributed by atoms with van der Waals surface area (Å²) in [5, 5.41) is 9.80. The number of aliphatic hydroxyl groups excluding tert-OH is 1. The van der Waals surface area contributed by atoms with Crippen LogP contribution in [-0.2, 0) is 42.2 Å². The van der Waals surface area contributed by atoms with E-state index in [9.17, 15) is 28.9 Å². The highest BCUT2D eigenvalue weighted by molar-refractivity contribution is 7.47. The van der Waals surface area contributed by atoms with Crippen molar-refractivity contribution in [3.05, 3.63) is 12.2 Å². The minimum Gasteiger partial charge on any atom is -0.462 e. The van der Waals surface area contributed by atoms with Crippen LogP contribution in [0.15, 0.2) is 12.2 Å². The molecule has 0 radical (unpaired) electrons. The molecule has 0 aromatic rings. The number of phosphoric acid groups is 1. The van der Waals surface area contributed by atoms with Gasteiger partial charge in [0.15, 0.2) is 6.10 Å². The Hall–Kier alpha value is -1.78. The van der Waals surface area contributed by atoms with Gasteiger partial charge in [0.1, 0.15) is 12.7 Å². The molecule has 0 saturated heterocycles. The van der Waals surface area contributed by atoms with Gasteiger partial charge in [-0.15, -0.1) is 0 Å². The van der Waals surface area contributed by atoms with E-state index >= 15 is 0 Å². The topological polar surface area (TPSA) is 155 Å². The zero-order chi connectivity index (χ0) is 51.3. The lowest BCUT2D eigenvalue weighted by Crippen LogP contribution is -2.30. The van der Waals surface area contributed by atoms with E-state index in [0.29, 0.717) is 19.3 Å². The maximum absolute atomic E-state index is 12.9. The van der Waals surface area contributed by atoms with Gasteiger partial charge in [-0.1, -0.05) is 251 Å². The average Bonchev–Trinajstić information content (AvgIpc) is 3.35. The van der Waals surface area contributed by atoms with Crippen molar-refractivity contribution in [1.29, 1.82) is 0 Å². The number of hydrogen-bond donors (Lipinski definition) is 2. The fraction of sp³-hybridized carbons (Fsp3) is 0.914. The van der Waals surface area contributed by atoms with Gasteiger partial charge in [-0.25, -0.2) is 4.57 Å². The van der Waals surface area contributed by atoms with Gasteiger partial charge < -0.3 is 24.2 Å². The van der Waals surface area contributed by atoms with Crippen molar-refractivity contribution in [2.24, 2.45) is 0 Å². The molecule has 414 valence electrons. The second kappa shape index (κ2) is 53.5. The monoisotopic (exact) mass is 1010 g/mol. The van der Waals surface area contributed by atoms with Gasteiger partial charge in [0, 0.05) is 19.3 Å². The Bertz CT molecular complexity index is 1230. The molecule has 3 atom stereocenters. The maximum atomic E-state index is 12.9. The van der Waals surface area contributed by atoms with Crippen LogP contribution in [0, 0.1) is 0 Å². The summed E-state index contributed by atoms with van der Waals surface area (Å²) < 4.78 is 39.5. The molecule has 11 nitrogen and oxygen atoms in total. The molecule has 0 spiro atoms. The van der Waals surface area contributed by atoms with E-state index < -0.39 is 57.8 Å². The fourth-order valence-electron chi connectivity index (χ4n) is 8.65. The van der Waals surface area contributed by atoms with E-state index in [2.05, 4.69) is 32.9 Å². The molecule has 0 rings (SSSR count). The fourth-order valence-corrected chi connectivity index (χ4v) is 9.43. The standard InChI is InChI=1S/C58H111O11P/c1-4-7-10-13-16-19-22-25-26-27-28-31-32-35-38-41-44-47-56(60)65-51-55(69-58(62)49-46-43-40-37-34-30-24-21-18-15-12-9-6-3)53-67-70(63,64)66-52-54(50-59)68-57(61)48-45-42-39-36-33-29-23-20-17-14-11-8-5-2/h25-26,54-55,59H,4-24,27-53H2,1-3H3,(H,63,64)/b26-25-. The number of carbonyl (C=O) groups is 3. The SMILES string of the molecule is CCCCCCCC/C=C\CCCCCCCCCC(=O)OCC(COP(=O)(O)OCC(CO)OC(=O)CCCCCCCCCCCCCCC)OC(=O)CCCCCCCCCCCCCCC. The van der Waals surface area contributed by atoms with Crippen molar-refractivity contribution >= 4 is 25.7 Å². The Morgan fingerprint density at radius 1 is 0.386 bits per heavy atom. The predicted molar refractivity (Wildman–Crippen MR) is 289 cm³/mol. The van der Waals surface area contributed by atoms with Crippen molar-refractivity contribution in [2.75, 3.05) is 26.4 Å². The third kappa shape index (κ3) is 51.1. The zero-order valence-corrected chi connectivity index (χ0v) is 46.7. The summed E-state index contributed by atoms with van der Waals surface area (Å²) in [5.74, 6) is -1.44. The molecule has 0 heterocycles. The van der Waals surface area contributed by atoms with E-state index in [1.807, 2.05) is 0 Å². The van der Waals surface area contributed by atoms with Crippen molar-refractivity contribution in [3.8, 4) is 0 Å². The normalized spacial score (nSPS) is 13.4. The number of rotatable bonds is 56. The summed E-state index contributed by atoms with van der Waals surface area (Å²) in [7, 11) is -4.74. The van der Waals surface area contributed by atoms with Crippen LogP contribution in [0.5, 0.6) is 0 Å². The second-order valence-electron chi connectivity index (χ2n) is 20.2. The van der Waals surface area contributed by atoms with Crippen LogP contribution in [0.3, 0.4) is 0 Å². The van der Waals surface area contributed by atoms with Crippen LogP contribution >= 0.6 is 7.82 Å². The first-order valence-electron chi connectivity index (χ1n) is 29.6. The van der Waals surface area contributed by atoms with Gasteiger partial charge in [-0.2, -0.15) is 0 Å². The Kier molecular flexibility index (Phi) is 52.1. The van der Waals surface area contributed by atoms with E-state index in [4.69, 9.17) is 23.3 Å². The molecule has 0 saturated carbocycles. The van der Waals surface area contributed by atoms with Crippen LogP contribution in [0.25, 0.3) is 0 Å². The smallest absolute Gasteiger partial charge is 0.462 e. The number of esters is 3. The van der Waals surface area contributed by atoms with Crippen LogP contribution in [0.4, 0.5) is 0 Å². The molecule has 0 aliphatic carbocycles. The Morgan fingerprint density at radius 2 is 0.657 bits per heavy atom. The Morgan fingerprint density at radius 3 is 0.986 bits per heavy atom. The van der Waals surface area contributed by atoms with Crippen LogP contribution in [0.2, 0.25) is 0 Å². The van der Waals surface area contributed by atoms with Gasteiger partial charge >= 0.3 is 25.7 Å². The van der Waals surface area contributed by atoms with Crippen molar-refractivity contribution in [2.45, 2.75) is 315 Å². The minimum atomic E-state index is -4.74. The van der Waals surface area contributed by atoms with E-state index in [1.165, 1.54) is 180 Å². The largest absolute Gasteiger partial charge is 0.472 e. The lowest BCUT2D eigenvalue weighted by Gasteiger charge is -2.21. The van der Waals surface area contributed by atoms with Crippen LogP contribution < -0.4 is 0 Å². The molecule has 2 N–H and O–H groups in total. The quantitative estimate of drug-likeness (QED) is 0.0197. The first-order chi connectivity index (χ1) is 34.2. The number of allylic oxidation sites excluding steroid dienone is 2. The molecule has 3 unspecified atom stereocenters. The van der Waals surface area contributed by atoms with Crippen molar-refractivity contribution in [1.82, 2.24) is 0 Å². The summed E-state index contributed by atoms with van der Waals surface area (Å²) in [6.45, 7) is 4.69. The highest BCUT2D eigenvalue weighted by Gasteiger charge is 2.28. The number of unbranched alkanes of at least 4 members (excludes halogenated alkanes) is 37. The van der Waals surface area contributed by atoms with E-state index in [0.717, 1.165) is 64.2 Å². The number of carbonyl (C=O) groups excluding carboxylic acids is 3. The number of phosphoric ester groups is 1. The molecular formula is C58H111O11P. The maximum Gasteiger partial charge on any atom is 0.472 e. The molecule has 0 aliphatic heterocycles. The number of ether oxygens (including phenoxy) is 3.